The molecular formula is C23H36IN5O2S. The van der Waals surface area contributed by atoms with Gasteiger partial charge in [-0.1, -0.05) is 12.1 Å². The molecule has 3 saturated heterocycles. The number of hydrogen-bond acceptors (Lipinski definition) is 5. The zero-order valence-corrected chi connectivity index (χ0v) is 22.1. The van der Waals surface area contributed by atoms with E-state index in [1.54, 1.807) is 0 Å². The van der Waals surface area contributed by atoms with E-state index in [0.29, 0.717) is 13.2 Å². The van der Waals surface area contributed by atoms with E-state index in [0.717, 1.165) is 64.6 Å². The summed E-state index contributed by atoms with van der Waals surface area (Å²) in [6.45, 7) is 9.63. The molecule has 3 heterocycles. The van der Waals surface area contributed by atoms with Crippen molar-refractivity contribution in [1.29, 1.82) is 0 Å². The Bertz CT molecular complexity index is 743. The van der Waals surface area contributed by atoms with E-state index < -0.39 is 0 Å². The first-order valence-corrected chi connectivity index (χ1v) is 12.8. The topological polar surface area (TPSA) is 60.4 Å². The number of ether oxygens (including phenoxy) is 1. The molecule has 0 saturated carbocycles. The van der Waals surface area contributed by atoms with Crippen LogP contribution in [0.5, 0.6) is 0 Å². The number of carbonyl (C=O) groups excluding carboxylic acids is 1. The molecule has 0 aromatic heterocycles. The molecule has 0 aliphatic carbocycles. The number of anilines is 1. The second kappa shape index (κ2) is 12.9. The third-order valence-corrected chi connectivity index (χ3v) is 7.10. The van der Waals surface area contributed by atoms with Crippen LogP contribution >= 0.6 is 35.7 Å². The van der Waals surface area contributed by atoms with Crippen molar-refractivity contribution in [3.63, 3.8) is 0 Å². The fourth-order valence-corrected chi connectivity index (χ4v) is 5.24. The standard InChI is InChI=1S/C23H35N5O2S.HI/c1-2-24-23(28-11-9-27(10-12-28)22(29)21-4-3-15-30-21)25-18-19-5-7-20(8-6-19)26-13-16-31-17-14-26;/h5-8,21H,2-4,9-18H2,1H3,(H,24,25);1H. The van der Waals surface area contributed by atoms with E-state index in [2.05, 4.69) is 46.3 Å². The highest BCUT2D eigenvalue weighted by atomic mass is 127. The van der Waals surface area contributed by atoms with E-state index in [9.17, 15) is 4.79 Å². The molecule has 0 bridgehead atoms. The largest absolute Gasteiger partial charge is 0.370 e. The lowest BCUT2D eigenvalue weighted by Crippen LogP contribution is -2.55. The predicted octanol–water partition coefficient (Wildman–Crippen LogP) is 2.65. The van der Waals surface area contributed by atoms with Crippen LogP contribution in [0, 0.1) is 0 Å². The van der Waals surface area contributed by atoms with Crippen molar-refractivity contribution >= 4 is 53.3 Å². The van der Waals surface area contributed by atoms with Gasteiger partial charge in [-0.2, -0.15) is 11.8 Å². The third kappa shape index (κ3) is 6.66. The van der Waals surface area contributed by atoms with Gasteiger partial charge in [-0.05, 0) is 37.5 Å². The lowest BCUT2D eigenvalue weighted by Gasteiger charge is -2.37. The van der Waals surface area contributed by atoms with E-state index in [-0.39, 0.29) is 36.0 Å². The minimum Gasteiger partial charge on any atom is -0.370 e. The molecule has 0 radical (unpaired) electrons. The smallest absolute Gasteiger partial charge is 0.251 e. The number of nitrogens with one attached hydrogen (secondary N) is 1. The molecule has 4 rings (SSSR count). The Kier molecular flexibility index (Phi) is 10.2. The number of aliphatic imine (C=N–C) groups is 1. The van der Waals surface area contributed by atoms with Crippen LogP contribution in [0.2, 0.25) is 0 Å². The lowest BCUT2D eigenvalue weighted by molar-refractivity contribution is -0.142. The number of nitrogens with zero attached hydrogens (tertiary/aromatic N) is 4. The number of amides is 1. The Morgan fingerprint density at radius 1 is 1.09 bits per heavy atom. The maximum Gasteiger partial charge on any atom is 0.251 e. The van der Waals surface area contributed by atoms with Crippen LogP contribution in [0.15, 0.2) is 29.3 Å². The van der Waals surface area contributed by atoms with Crippen LogP contribution in [0.4, 0.5) is 5.69 Å². The quantitative estimate of drug-likeness (QED) is 0.332. The molecule has 3 aliphatic rings. The summed E-state index contributed by atoms with van der Waals surface area (Å²) in [6, 6.07) is 8.84. The molecule has 0 spiro atoms. The fourth-order valence-electron chi connectivity index (χ4n) is 4.34. The van der Waals surface area contributed by atoms with Crippen molar-refractivity contribution in [2.75, 3.05) is 68.8 Å². The van der Waals surface area contributed by atoms with Gasteiger partial charge in [-0.25, -0.2) is 4.99 Å². The second-order valence-electron chi connectivity index (χ2n) is 8.25. The van der Waals surface area contributed by atoms with Gasteiger partial charge < -0.3 is 24.8 Å². The predicted molar refractivity (Wildman–Crippen MR) is 143 cm³/mol. The summed E-state index contributed by atoms with van der Waals surface area (Å²) in [4.78, 5) is 24.2. The number of piperazine rings is 1. The summed E-state index contributed by atoms with van der Waals surface area (Å²) in [5.74, 6) is 3.52. The molecule has 1 atom stereocenters. The highest BCUT2D eigenvalue weighted by Crippen LogP contribution is 2.20. The van der Waals surface area contributed by atoms with Gasteiger partial charge in [-0.3, -0.25) is 4.79 Å². The monoisotopic (exact) mass is 573 g/mol. The van der Waals surface area contributed by atoms with Gasteiger partial charge in [0.15, 0.2) is 5.96 Å². The Morgan fingerprint density at radius 3 is 2.41 bits per heavy atom. The summed E-state index contributed by atoms with van der Waals surface area (Å²) in [6.07, 6.45) is 1.63. The number of thioether (sulfide) groups is 1. The summed E-state index contributed by atoms with van der Waals surface area (Å²) in [7, 11) is 0. The molecule has 3 fully saturated rings. The number of halogens is 1. The van der Waals surface area contributed by atoms with Gasteiger partial charge in [0, 0.05) is 69.6 Å². The molecule has 1 amide bonds. The van der Waals surface area contributed by atoms with Crippen LogP contribution in [-0.2, 0) is 16.1 Å². The maximum absolute atomic E-state index is 12.6. The highest BCUT2D eigenvalue weighted by molar-refractivity contribution is 14.0. The molecule has 7 nitrogen and oxygen atoms in total. The number of hydrogen-bond donors (Lipinski definition) is 1. The Balaban J connectivity index is 0.00000289. The first kappa shape index (κ1) is 25.4. The van der Waals surface area contributed by atoms with Gasteiger partial charge in [0.25, 0.3) is 5.91 Å². The molecular weight excluding hydrogens is 537 g/mol. The van der Waals surface area contributed by atoms with Gasteiger partial charge >= 0.3 is 0 Å². The Morgan fingerprint density at radius 2 is 1.78 bits per heavy atom. The van der Waals surface area contributed by atoms with Crippen LogP contribution < -0.4 is 10.2 Å². The lowest BCUT2D eigenvalue weighted by atomic mass is 10.2. The van der Waals surface area contributed by atoms with Crippen LogP contribution in [-0.4, -0.2) is 91.7 Å². The summed E-state index contributed by atoms with van der Waals surface area (Å²) >= 11 is 2.03. The van der Waals surface area contributed by atoms with Gasteiger partial charge in [-0.15, -0.1) is 24.0 Å². The van der Waals surface area contributed by atoms with Crippen molar-refractivity contribution in [2.24, 2.45) is 4.99 Å². The molecule has 9 heteroatoms. The Labute approximate surface area is 213 Å². The molecule has 1 unspecified atom stereocenters. The van der Waals surface area contributed by atoms with Crippen molar-refractivity contribution < 1.29 is 9.53 Å². The first-order chi connectivity index (χ1) is 15.2. The average molecular weight is 574 g/mol. The van der Waals surface area contributed by atoms with Crippen LogP contribution in [0.3, 0.4) is 0 Å². The van der Waals surface area contributed by atoms with Crippen molar-refractivity contribution in [1.82, 2.24) is 15.1 Å². The fraction of sp³-hybridized carbons (Fsp3) is 0.652. The summed E-state index contributed by atoms with van der Waals surface area (Å²) < 4.78 is 5.57. The maximum atomic E-state index is 12.6. The van der Waals surface area contributed by atoms with E-state index in [1.165, 1.54) is 22.8 Å². The van der Waals surface area contributed by atoms with Crippen molar-refractivity contribution in [2.45, 2.75) is 32.4 Å². The second-order valence-corrected chi connectivity index (χ2v) is 9.47. The van der Waals surface area contributed by atoms with Crippen LogP contribution in [0.1, 0.15) is 25.3 Å². The number of guanidine groups is 1. The third-order valence-electron chi connectivity index (χ3n) is 6.15. The van der Waals surface area contributed by atoms with Gasteiger partial charge in [0.1, 0.15) is 6.10 Å². The molecule has 1 aromatic carbocycles. The number of rotatable bonds is 5. The first-order valence-electron chi connectivity index (χ1n) is 11.6. The van der Waals surface area contributed by atoms with Crippen molar-refractivity contribution in [3.05, 3.63) is 29.8 Å². The Hall–Kier alpha value is -1.20. The van der Waals surface area contributed by atoms with E-state index >= 15 is 0 Å². The zero-order chi connectivity index (χ0) is 21.5. The highest BCUT2D eigenvalue weighted by Gasteiger charge is 2.30. The molecule has 1 N–H and O–H groups in total. The number of benzene rings is 1. The summed E-state index contributed by atoms with van der Waals surface area (Å²) in [5.41, 5.74) is 2.53. The average Bonchev–Trinajstić information content (AvgIpc) is 3.37. The molecule has 1 aromatic rings. The van der Waals surface area contributed by atoms with E-state index in [4.69, 9.17) is 9.73 Å². The molecule has 178 valence electrons. The number of carbonyl (C=O) groups is 1. The zero-order valence-electron chi connectivity index (χ0n) is 19.0. The molecule has 3 aliphatic heterocycles. The van der Waals surface area contributed by atoms with Gasteiger partial charge in [0.05, 0.1) is 6.54 Å². The normalized spacial score (nSPS) is 22.0. The van der Waals surface area contributed by atoms with Crippen LogP contribution in [0.25, 0.3) is 0 Å². The van der Waals surface area contributed by atoms with Crippen molar-refractivity contribution in [3.8, 4) is 0 Å². The summed E-state index contributed by atoms with van der Waals surface area (Å²) in [5, 5.41) is 3.42. The minimum absolute atomic E-state index is 0. The van der Waals surface area contributed by atoms with E-state index in [1.807, 2.05) is 16.7 Å². The molecule has 32 heavy (non-hydrogen) atoms. The SMILES string of the molecule is CCNC(=NCc1ccc(N2CCSCC2)cc1)N1CCN(C(=O)C2CCCO2)CC1.I. The van der Waals surface area contributed by atoms with Gasteiger partial charge in [0.2, 0.25) is 0 Å². The minimum atomic E-state index is -0.222.